The third-order valence-electron chi connectivity index (χ3n) is 3.79. The van der Waals surface area contributed by atoms with Crippen molar-refractivity contribution in [1.82, 2.24) is 9.97 Å². The normalized spacial score (nSPS) is 10.8. The van der Waals surface area contributed by atoms with Gasteiger partial charge in [0.15, 0.2) is 5.82 Å². The van der Waals surface area contributed by atoms with E-state index in [1.807, 2.05) is 60.7 Å². The highest BCUT2D eigenvalue weighted by Gasteiger charge is 2.09. The van der Waals surface area contributed by atoms with E-state index in [4.69, 9.17) is 16.6 Å². The van der Waals surface area contributed by atoms with E-state index in [1.54, 1.807) is 6.20 Å². The Morgan fingerprint density at radius 1 is 0.783 bits per heavy atom. The molecule has 0 atom stereocenters. The first-order valence-electron chi connectivity index (χ1n) is 7.38. The molecule has 1 aromatic heterocycles. The van der Waals surface area contributed by atoms with Gasteiger partial charge in [0.05, 0.1) is 5.69 Å². The summed E-state index contributed by atoms with van der Waals surface area (Å²) < 4.78 is 0. The number of hydrogen-bond donors (Lipinski definition) is 0. The third-order valence-corrected chi connectivity index (χ3v) is 4.01. The first-order valence-corrected chi connectivity index (χ1v) is 7.76. The number of hydrogen-bond acceptors (Lipinski definition) is 2. The molecule has 0 saturated heterocycles. The first kappa shape index (κ1) is 13.9. The van der Waals surface area contributed by atoms with Gasteiger partial charge in [-0.1, -0.05) is 66.2 Å². The summed E-state index contributed by atoms with van der Waals surface area (Å²) >= 11 is 6.29. The standard InChI is InChI=1S/C20H13ClN2/c21-16-12-15-8-4-5-9-17(15)18(13-16)19-10-11-22-20(23-19)14-6-2-1-3-7-14/h1-13H. The van der Waals surface area contributed by atoms with Crippen molar-refractivity contribution in [1.29, 1.82) is 0 Å². The summed E-state index contributed by atoms with van der Waals surface area (Å²) in [5, 5.41) is 2.95. The Balaban J connectivity index is 1.92. The lowest BCUT2D eigenvalue weighted by molar-refractivity contribution is 1.18. The fourth-order valence-electron chi connectivity index (χ4n) is 2.72. The Hall–Kier alpha value is -2.71. The van der Waals surface area contributed by atoms with Gasteiger partial charge < -0.3 is 0 Å². The summed E-state index contributed by atoms with van der Waals surface area (Å²) in [5.74, 6) is 0.715. The van der Waals surface area contributed by atoms with Gasteiger partial charge in [0.25, 0.3) is 0 Å². The lowest BCUT2D eigenvalue weighted by atomic mass is 10.0. The third kappa shape index (κ3) is 2.69. The van der Waals surface area contributed by atoms with Crippen molar-refractivity contribution in [3.63, 3.8) is 0 Å². The summed E-state index contributed by atoms with van der Waals surface area (Å²) in [7, 11) is 0. The highest BCUT2D eigenvalue weighted by atomic mass is 35.5. The van der Waals surface area contributed by atoms with Crippen LogP contribution in [0.3, 0.4) is 0 Å². The monoisotopic (exact) mass is 316 g/mol. The molecule has 0 aliphatic heterocycles. The SMILES string of the molecule is Clc1cc(-c2ccnc(-c3ccccc3)n2)c2ccccc2c1. The van der Waals surface area contributed by atoms with Crippen molar-refractivity contribution in [2.45, 2.75) is 0 Å². The second kappa shape index (κ2) is 5.82. The zero-order valence-electron chi connectivity index (χ0n) is 12.3. The van der Waals surface area contributed by atoms with Gasteiger partial charge in [0.2, 0.25) is 0 Å². The zero-order chi connectivity index (χ0) is 15.6. The minimum atomic E-state index is 0.707. The quantitative estimate of drug-likeness (QED) is 0.480. The van der Waals surface area contributed by atoms with E-state index in [2.05, 4.69) is 17.1 Å². The average Bonchev–Trinajstić information content (AvgIpc) is 2.62. The summed E-state index contributed by atoms with van der Waals surface area (Å²) in [4.78, 5) is 9.13. The number of benzene rings is 3. The molecule has 1 heterocycles. The lowest BCUT2D eigenvalue weighted by Crippen LogP contribution is -1.92. The maximum Gasteiger partial charge on any atom is 0.159 e. The Morgan fingerprint density at radius 2 is 1.57 bits per heavy atom. The molecule has 0 aliphatic rings. The van der Waals surface area contributed by atoms with Gasteiger partial charge in [-0.25, -0.2) is 9.97 Å². The van der Waals surface area contributed by atoms with Crippen LogP contribution in [-0.2, 0) is 0 Å². The van der Waals surface area contributed by atoms with Crippen LogP contribution in [0.25, 0.3) is 33.4 Å². The molecule has 0 amide bonds. The van der Waals surface area contributed by atoms with E-state index in [0.29, 0.717) is 10.8 Å². The predicted octanol–water partition coefficient (Wildman–Crippen LogP) is 5.62. The number of fused-ring (bicyclic) bond motifs is 1. The maximum atomic E-state index is 6.29. The summed E-state index contributed by atoms with van der Waals surface area (Å²) in [6, 6.07) is 24.0. The molecule has 0 N–H and O–H groups in total. The van der Waals surface area contributed by atoms with E-state index in [1.165, 1.54) is 0 Å². The first-order chi connectivity index (χ1) is 11.3. The summed E-state index contributed by atoms with van der Waals surface area (Å²) in [5.41, 5.74) is 2.89. The van der Waals surface area contributed by atoms with Gasteiger partial charge in [-0.2, -0.15) is 0 Å². The molecule has 23 heavy (non-hydrogen) atoms. The van der Waals surface area contributed by atoms with Crippen LogP contribution in [0.2, 0.25) is 5.02 Å². The molecule has 4 rings (SSSR count). The van der Waals surface area contributed by atoms with E-state index >= 15 is 0 Å². The summed E-state index contributed by atoms with van der Waals surface area (Å²) in [6.45, 7) is 0. The molecule has 0 radical (unpaired) electrons. The molecule has 0 saturated carbocycles. The molecule has 4 aromatic rings. The molecule has 0 unspecified atom stereocenters. The second-order valence-electron chi connectivity index (χ2n) is 5.31. The molecule has 0 bridgehead atoms. The van der Waals surface area contributed by atoms with Crippen molar-refractivity contribution < 1.29 is 0 Å². The Labute approximate surface area is 139 Å². The van der Waals surface area contributed by atoms with Crippen molar-refractivity contribution in [3.8, 4) is 22.6 Å². The van der Waals surface area contributed by atoms with E-state index in [0.717, 1.165) is 27.6 Å². The van der Waals surface area contributed by atoms with Gasteiger partial charge in [-0.15, -0.1) is 0 Å². The van der Waals surface area contributed by atoms with Crippen LogP contribution in [0.5, 0.6) is 0 Å². The molecule has 0 spiro atoms. The molecule has 3 heteroatoms. The van der Waals surface area contributed by atoms with E-state index < -0.39 is 0 Å². The van der Waals surface area contributed by atoms with Gasteiger partial charge in [-0.3, -0.25) is 0 Å². The Kier molecular flexibility index (Phi) is 3.52. The topological polar surface area (TPSA) is 25.8 Å². The minimum Gasteiger partial charge on any atom is -0.237 e. The van der Waals surface area contributed by atoms with Crippen LogP contribution in [-0.4, -0.2) is 9.97 Å². The van der Waals surface area contributed by atoms with Crippen molar-refractivity contribution in [2.24, 2.45) is 0 Å². The Bertz CT molecular complexity index is 981. The highest BCUT2D eigenvalue weighted by Crippen LogP contribution is 2.31. The molecular weight excluding hydrogens is 304 g/mol. The average molecular weight is 317 g/mol. The van der Waals surface area contributed by atoms with Crippen LogP contribution in [0.1, 0.15) is 0 Å². The highest BCUT2D eigenvalue weighted by molar-refractivity contribution is 6.32. The maximum absolute atomic E-state index is 6.29. The van der Waals surface area contributed by atoms with Gasteiger partial charge in [0.1, 0.15) is 0 Å². The van der Waals surface area contributed by atoms with Crippen molar-refractivity contribution >= 4 is 22.4 Å². The molecule has 2 nitrogen and oxygen atoms in total. The number of nitrogens with zero attached hydrogens (tertiary/aromatic N) is 2. The zero-order valence-corrected chi connectivity index (χ0v) is 13.0. The fraction of sp³-hybridized carbons (Fsp3) is 0. The van der Waals surface area contributed by atoms with Crippen LogP contribution in [0.4, 0.5) is 0 Å². The van der Waals surface area contributed by atoms with Gasteiger partial charge in [0, 0.05) is 22.3 Å². The van der Waals surface area contributed by atoms with Crippen molar-refractivity contribution in [3.05, 3.63) is 84.0 Å². The molecule has 0 aliphatic carbocycles. The predicted molar refractivity (Wildman–Crippen MR) is 95.4 cm³/mol. The smallest absolute Gasteiger partial charge is 0.159 e. The van der Waals surface area contributed by atoms with E-state index in [9.17, 15) is 0 Å². The number of rotatable bonds is 2. The minimum absolute atomic E-state index is 0.707. The molecule has 110 valence electrons. The lowest BCUT2D eigenvalue weighted by Gasteiger charge is -2.08. The van der Waals surface area contributed by atoms with Gasteiger partial charge in [-0.05, 0) is 29.0 Å². The molecular formula is C20H13ClN2. The molecule has 0 fully saturated rings. The number of halogens is 1. The summed E-state index contributed by atoms with van der Waals surface area (Å²) in [6.07, 6.45) is 1.79. The number of aromatic nitrogens is 2. The van der Waals surface area contributed by atoms with E-state index in [-0.39, 0.29) is 0 Å². The van der Waals surface area contributed by atoms with Crippen molar-refractivity contribution in [2.75, 3.05) is 0 Å². The fourth-order valence-corrected chi connectivity index (χ4v) is 2.95. The Morgan fingerprint density at radius 3 is 2.43 bits per heavy atom. The van der Waals surface area contributed by atoms with Crippen LogP contribution < -0.4 is 0 Å². The largest absolute Gasteiger partial charge is 0.237 e. The van der Waals surface area contributed by atoms with Crippen LogP contribution in [0, 0.1) is 0 Å². The van der Waals surface area contributed by atoms with Crippen LogP contribution in [0.15, 0.2) is 79.0 Å². The molecule has 3 aromatic carbocycles. The second-order valence-corrected chi connectivity index (χ2v) is 5.74. The van der Waals surface area contributed by atoms with Gasteiger partial charge >= 0.3 is 0 Å². The van der Waals surface area contributed by atoms with Crippen LogP contribution >= 0.6 is 11.6 Å².